The summed E-state index contributed by atoms with van der Waals surface area (Å²) in [5.74, 6) is 1.51. The molecule has 192 valence electrons. The van der Waals surface area contributed by atoms with Gasteiger partial charge in [0, 0.05) is 37.0 Å². The maximum atomic E-state index is 12.6. The number of benzene rings is 3. The third-order valence-electron chi connectivity index (χ3n) is 6.00. The minimum absolute atomic E-state index is 0.0358. The first kappa shape index (κ1) is 25.6. The number of hydrogen-bond acceptors (Lipinski definition) is 7. The van der Waals surface area contributed by atoms with Crippen LogP contribution in [0.2, 0.25) is 0 Å². The molecule has 0 saturated carbocycles. The predicted octanol–water partition coefficient (Wildman–Crippen LogP) is 3.92. The number of amides is 2. The van der Waals surface area contributed by atoms with Gasteiger partial charge in [-0.2, -0.15) is 0 Å². The number of ether oxygens (including phenoxy) is 2. The molecule has 1 heterocycles. The summed E-state index contributed by atoms with van der Waals surface area (Å²) >= 11 is 0. The number of guanidine groups is 1. The van der Waals surface area contributed by atoms with E-state index in [1.807, 2.05) is 48.5 Å². The first-order valence-electron chi connectivity index (χ1n) is 12.0. The van der Waals surface area contributed by atoms with Crippen molar-refractivity contribution in [3.63, 3.8) is 0 Å². The van der Waals surface area contributed by atoms with Crippen LogP contribution in [0.3, 0.4) is 0 Å². The summed E-state index contributed by atoms with van der Waals surface area (Å²) < 4.78 is 11.0. The lowest BCUT2D eigenvalue weighted by atomic mass is 10.1. The van der Waals surface area contributed by atoms with Gasteiger partial charge in [0.15, 0.2) is 5.96 Å². The molecule has 0 unspecified atom stereocenters. The molecule has 0 bridgehead atoms. The minimum Gasteiger partial charge on any atom is -0.497 e. The number of nitrogens with zero attached hydrogens (tertiary/aromatic N) is 3. The highest BCUT2D eigenvalue weighted by Gasteiger charge is 2.21. The van der Waals surface area contributed by atoms with Gasteiger partial charge in [-0.05, 0) is 61.0 Å². The van der Waals surface area contributed by atoms with Crippen LogP contribution in [-0.4, -0.2) is 50.0 Å². The van der Waals surface area contributed by atoms with Gasteiger partial charge >= 0.3 is 0 Å². The van der Waals surface area contributed by atoms with Gasteiger partial charge in [0.05, 0.1) is 19.4 Å². The number of fused-ring (bicyclic) bond motifs is 1. The van der Waals surface area contributed by atoms with Crippen LogP contribution in [0.25, 0.3) is 0 Å². The van der Waals surface area contributed by atoms with Gasteiger partial charge in [-0.1, -0.05) is 18.2 Å². The molecule has 3 N–H and O–H groups in total. The SMILES string of the molecule is COc1ccc(NC(=O)CN2Cc3cc(OCCCC(=O)N(C)c4ccccc4)ccc3N=C2N)cc1. The number of para-hydroxylation sites is 1. The Hall–Kier alpha value is -4.53. The maximum absolute atomic E-state index is 12.6. The summed E-state index contributed by atoms with van der Waals surface area (Å²) in [6.45, 7) is 0.897. The Balaban J connectivity index is 1.27. The number of hydrogen-bond donors (Lipinski definition) is 2. The molecule has 37 heavy (non-hydrogen) atoms. The highest BCUT2D eigenvalue weighted by molar-refractivity contribution is 5.95. The van der Waals surface area contributed by atoms with E-state index in [2.05, 4.69) is 10.3 Å². The van der Waals surface area contributed by atoms with E-state index in [0.717, 1.165) is 16.9 Å². The average molecular weight is 502 g/mol. The first-order chi connectivity index (χ1) is 17.9. The van der Waals surface area contributed by atoms with Crippen LogP contribution in [0, 0.1) is 0 Å². The van der Waals surface area contributed by atoms with Crippen LogP contribution in [-0.2, 0) is 16.1 Å². The van der Waals surface area contributed by atoms with E-state index in [1.54, 1.807) is 48.2 Å². The molecule has 4 rings (SSSR count). The van der Waals surface area contributed by atoms with Crippen molar-refractivity contribution in [2.75, 3.05) is 37.5 Å². The summed E-state index contributed by atoms with van der Waals surface area (Å²) in [7, 11) is 3.37. The summed E-state index contributed by atoms with van der Waals surface area (Å²) in [5.41, 5.74) is 9.30. The summed E-state index contributed by atoms with van der Waals surface area (Å²) in [5, 5.41) is 2.86. The molecule has 1 aliphatic heterocycles. The van der Waals surface area contributed by atoms with Crippen molar-refractivity contribution in [3.05, 3.63) is 78.4 Å². The Morgan fingerprint density at radius 2 is 1.78 bits per heavy atom. The van der Waals surface area contributed by atoms with E-state index in [0.29, 0.717) is 43.2 Å². The standard InChI is InChI=1S/C28H31N5O4/c1-32(22-7-4-3-5-8-22)27(35)9-6-16-37-24-14-15-25-20(17-24)18-33(28(29)31-25)19-26(34)30-21-10-12-23(36-2)13-11-21/h3-5,7-8,10-15,17H,6,9,16,18-19H2,1-2H3,(H2,29,31)(H,30,34). The van der Waals surface area contributed by atoms with E-state index in [1.165, 1.54) is 0 Å². The van der Waals surface area contributed by atoms with Crippen LogP contribution in [0.5, 0.6) is 11.5 Å². The van der Waals surface area contributed by atoms with Gasteiger partial charge in [0.25, 0.3) is 0 Å². The summed E-state index contributed by atoms with van der Waals surface area (Å²) in [4.78, 5) is 32.8. The monoisotopic (exact) mass is 501 g/mol. The lowest BCUT2D eigenvalue weighted by Crippen LogP contribution is -2.43. The fraction of sp³-hybridized carbons (Fsp3) is 0.250. The number of anilines is 2. The normalized spacial score (nSPS) is 12.3. The number of aliphatic imine (C=N–C) groups is 1. The van der Waals surface area contributed by atoms with Crippen LogP contribution >= 0.6 is 0 Å². The molecule has 3 aromatic carbocycles. The molecule has 0 aliphatic carbocycles. The van der Waals surface area contributed by atoms with Gasteiger partial charge in [-0.25, -0.2) is 4.99 Å². The molecule has 0 saturated heterocycles. The third-order valence-corrected chi connectivity index (χ3v) is 6.00. The fourth-order valence-corrected chi connectivity index (χ4v) is 3.93. The number of nitrogens with one attached hydrogen (secondary N) is 1. The highest BCUT2D eigenvalue weighted by atomic mass is 16.5. The Morgan fingerprint density at radius 3 is 2.51 bits per heavy atom. The molecule has 9 heteroatoms. The second-order valence-electron chi connectivity index (χ2n) is 8.63. The van der Waals surface area contributed by atoms with E-state index in [9.17, 15) is 9.59 Å². The fourth-order valence-electron chi connectivity index (χ4n) is 3.93. The Morgan fingerprint density at radius 1 is 1.05 bits per heavy atom. The third kappa shape index (κ3) is 6.78. The lowest BCUT2D eigenvalue weighted by molar-refractivity contribution is -0.118. The molecule has 0 radical (unpaired) electrons. The Labute approximate surface area is 216 Å². The quantitative estimate of drug-likeness (QED) is 0.408. The molecule has 0 spiro atoms. The number of methoxy groups -OCH3 is 1. The molecular weight excluding hydrogens is 470 g/mol. The smallest absolute Gasteiger partial charge is 0.244 e. The van der Waals surface area contributed by atoms with Crippen LogP contribution in [0.4, 0.5) is 17.1 Å². The van der Waals surface area contributed by atoms with Crippen LogP contribution in [0.1, 0.15) is 18.4 Å². The summed E-state index contributed by atoms with van der Waals surface area (Å²) in [6, 6.07) is 22.2. The van der Waals surface area contributed by atoms with Crippen molar-refractivity contribution < 1.29 is 19.1 Å². The van der Waals surface area contributed by atoms with Gasteiger partial charge in [-0.3, -0.25) is 9.59 Å². The second-order valence-corrected chi connectivity index (χ2v) is 8.63. The Kier molecular flexibility index (Phi) is 8.25. The maximum Gasteiger partial charge on any atom is 0.244 e. The number of nitrogens with two attached hydrogens (primary N) is 1. The molecular formula is C28H31N5O4. The second kappa shape index (κ2) is 11.9. The summed E-state index contributed by atoms with van der Waals surface area (Å²) in [6.07, 6.45) is 0.976. The number of carbonyl (C=O) groups excluding carboxylic acids is 2. The van der Waals surface area contributed by atoms with Gasteiger partial charge in [-0.15, -0.1) is 0 Å². The zero-order valence-corrected chi connectivity index (χ0v) is 21.0. The molecule has 0 aromatic heterocycles. The zero-order valence-electron chi connectivity index (χ0n) is 21.0. The first-order valence-corrected chi connectivity index (χ1v) is 12.0. The minimum atomic E-state index is -0.204. The molecule has 0 atom stereocenters. The largest absolute Gasteiger partial charge is 0.497 e. The van der Waals surface area contributed by atoms with Gasteiger partial charge in [0.1, 0.15) is 18.0 Å². The van der Waals surface area contributed by atoms with E-state index in [4.69, 9.17) is 15.2 Å². The number of rotatable bonds is 10. The van der Waals surface area contributed by atoms with Crippen molar-refractivity contribution in [1.82, 2.24) is 4.90 Å². The number of carbonyl (C=O) groups is 2. The molecule has 0 fully saturated rings. The zero-order chi connectivity index (χ0) is 26.2. The van der Waals surface area contributed by atoms with Crippen molar-refractivity contribution >= 4 is 34.8 Å². The topological polar surface area (TPSA) is 109 Å². The average Bonchev–Trinajstić information content (AvgIpc) is 2.92. The molecule has 9 nitrogen and oxygen atoms in total. The van der Waals surface area contributed by atoms with E-state index in [-0.39, 0.29) is 24.3 Å². The van der Waals surface area contributed by atoms with E-state index < -0.39 is 0 Å². The van der Waals surface area contributed by atoms with Crippen LogP contribution < -0.4 is 25.4 Å². The lowest BCUT2D eigenvalue weighted by Gasteiger charge is -2.27. The van der Waals surface area contributed by atoms with E-state index >= 15 is 0 Å². The van der Waals surface area contributed by atoms with Crippen molar-refractivity contribution in [2.45, 2.75) is 19.4 Å². The van der Waals surface area contributed by atoms with Crippen molar-refractivity contribution in [1.29, 1.82) is 0 Å². The molecule has 2 amide bonds. The Bertz CT molecular complexity index is 1260. The van der Waals surface area contributed by atoms with Crippen molar-refractivity contribution in [2.24, 2.45) is 10.7 Å². The highest BCUT2D eigenvalue weighted by Crippen LogP contribution is 2.29. The van der Waals surface area contributed by atoms with Crippen molar-refractivity contribution in [3.8, 4) is 11.5 Å². The predicted molar refractivity (Wildman–Crippen MR) is 144 cm³/mol. The molecule has 1 aliphatic rings. The van der Waals surface area contributed by atoms with Gasteiger partial charge in [0.2, 0.25) is 11.8 Å². The van der Waals surface area contributed by atoms with Gasteiger partial charge < -0.3 is 30.3 Å². The molecule has 3 aromatic rings. The van der Waals surface area contributed by atoms with Crippen LogP contribution in [0.15, 0.2) is 77.8 Å².